The number of rotatable bonds is 5. The topological polar surface area (TPSA) is 74.8 Å². The summed E-state index contributed by atoms with van der Waals surface area (Å²) in [7, 11) is -6.71. The van der Waals surface area contributed by atoms with Crippen LogP contribution in [0.1, 0.15) is 13.3 Å². The van der Waals surface area contributed by atoms with Crippen LogP contribution in [-0.4, -0.2) is 57.4 Å². The Morgan fingerprint density at radius 3 is 2.20 bits per heavy atom. The van der Waals surface area contributed by atoms with Gasteiger partial charge >= 0.3 is 0 Å². The average Bonchev–Trinajstić information content (AvgIpc) is 2.93. The third-order valence-corrected chi connectivity index (χ3v) is 8.49. The maximum absolute atomic E-state index is 12.3. The third-order valence-electron chi connectivity index (χ3n) is 3.14. The van der Waals surface area contributed by atoms with E-state index >= 15 is 0 Å². The van der Waals surface area contributed by atoms with E-state index in [0.717, 1.165) is 0 Å². The number of sulfonamides is 2. The average molecular weight is 338 g/mol. The zero-order valence-corrected chi connectivity index (χ0v) is 13.7. The molecule has 1 fully saturated rings. The van der Waals surface area contributed by atoms with Crippen molar-refractivity contribution in [2.45, 2.75) is 17.6 Å². The van der Waals surface area contributed by atoms with E-state index < -0.39 is 20.0 Å². The van der Waals surface area contributed by atoms with E-state index in [1.54, 1.807) is 17.5 Å². The molecule has 6 nitrogen and oxygen atoms in total. The Morgan fingerprint density at radius 2 is 1.70 bits per heavy atom. The second-order valence-corrected chi connectivity index (χ2v) is 9.75. The van der Waals surface area contributed by atoms with Crippen LogP contribution in [-0.2, 0) is 20.0 Å². The molecule has 0 aliphatic carbocycles. The summed E-state index contributed by atoms with van der Waals surface area (Å²) < 4.78 is 51.5. The van der Waals surface area contributed by atoms with Crippen molar-refractivity contribution in [1.29, 1.82) is 0 Å². The lowest BCUT2D eigenvalue weighted by Crippen LogP contribution is -2.50. The van der Waals surface area contributed by atoms with Crippen LogP contribution in [0.4, 0.5) is 0 Å². The van der Waals surface area contributed by atoms with Crippen molar-refractivity contribution in [3.05, 3.63) is 17.5 Å². The first-order valence-corrected chi connectivity index (χ1v) is 10.3. The molecule has 0 radical (unpaired) electrons. The van der Waals surface area contributed by atoms with Crippen molar-refractivity contribution >= 4 is 31.4 Å². The Balaban J connectivity index is 2.05. The van der Waals surface area contributed by atoms with Gasteiger partial charge in [-0.25, -0.2) is 16.8 Å². The molecule has 0 bridgehead atoms. The Morgan fingerprint density at radius 1 is 1.10 bits per heavy atom. The standard InChI is InChI=1S/C11H18N2O4S3/c1-2-10-19(14,15)12-5-7-13(8-6-12)20(16,17)11-4-3-9-18-11/h3-4,9H,2,5-8,10H2,1H3. The molecule has 0 amide bonds. The quantitative estimate of drug-likeness (QED) is 0.796. The van der Waals surface area contributed by atoms with Crippen molar-refractivity contribution in [3.8, 4) is 0 Å². The molecule has 1 saturated heterocycles. The van der Waals surface area contributed by atoms with Gasteiger partial charge in [-0.2, -0.15) is 8.61 Å². The fourth-order valence-corrected chi connectivity index (χ4v) is 6.17. The van der Waals surface area contributed by atoms with Gasteiger partial charge in [0, 0.05) is 26.2 Å². The van der Waals surface area contributed by atoms with E-state index in [4.69, 9.17) is 0 Å². The lowest BCUT2D eigenvalue weighted by Gasteiger charge is -2.32. The van der Waals surface area contributed by atoms with E-state index in [2.05, 4.69) is 0 Å². The molecule has 0 spiro atoms. The van der Waals surface area contributed by atoms with Crippen molar-refractivity contribution in [2.24, 2.45) is 0 Å². The first-order chi connectivity index (χ1) is 9.38. The van der Waals surface area contributed by atoms with Crippen LogP contribution >= 0.6 is 11.3 Å². The van der Waals surface area contributed by atoms with E-state index in [1.165, 1.54) is 19.9 Å². The number of piperazine rings is 1. The van der Waals surface area contributed by atoms with Crippen LogP contribution in [0, 0.1) is 0 Å². The smallest absolute Gasteiger partial charge is 0.212 e. The van der Waals surface area contributed by atoms with E-state index in [1.807, 2.05) is 6.92 Å². The highest BCUT2D eigenvalue weighted by Crippen LogP contribution is 2.22. The van der Waals surface area contributed by atoms with Gasteiger partial charge in [-0.15, -0.1) is 11.3 Å². The molecular weight excluding hydrogens is 320 g/mol. The molecule has 0 aromatic carbocycles. The van der Waals surface area contributed by atoms with Gasteiger partial charge in [-0.3, -0.25) is 0 Å². The molecule has 1 aromatic rings. The predicted molar refractivity (Wildman–Crippen MR) is 78.7 cm³/mol. The fourth-order valence-electron chi connectivity index (χ4n) is 2.11. The van der Waals surface area contributed by atoms with Crippen LogP contribution in [0.3, 0.4) is 0 Å². The summed E-state index contributed by atoms with van der Waals surface area (Å²) in [5.41, 5.74) is 0. The highest BCUT2D eigenvalue weighted by atomic mass is 32.2. The summed E-state index contributed by atoms with van der Waals surface area (Å²) in [5, 5.41) is 1.72. The monoisotopic (exact) mass is 338 g/mol. The largest absolute Gasteiger partial charge is 0.252 e. The van der Waals surface area contributed by atoms with Crippen LogP contribution in [0.15, 0.2) is 21.7 Å². The van der Waals surface area contributed by atoms with Gasteiger partial charge in [0.15, 0.2) is 0 Å². The van der Waals surface area contributed by atoms with Crippen LogP contribution < -0.4 is 0 Å². The van der Waals surface area contributed by atoms with Gasteiger partial charge in [0.05, 0.1) is 5.75 Å². The molecule has 0 atom stereocenters. The molecule has 1 aliphatic heterocycles. The first-order valence-electron chi connectivity index (χ1n) is 6.39. The Kier molecular flexibility index (Phi) is 4.85. The van der Waals surface area contributed by atoms with Crippen LogP contribution in [0.5, 0.6) is 0 Å². The number of nitrogens with zero attached hydrogens (tertiary/aromatic N) is 2. The SMILES string of the molecule is CCCS(=O)(=O)N1CCN(S(=O)(=O)c2cccs2)CC1. The molecule has 1 aromatic heterocycles. The summed E-state index contributed by atoms with van der Waals surface area (Å²) in [6.07, 6.45) is 0.566. The minimum Gasteiger partial charge on any atom is -0.212 e. The van der Waals surface area contributed by atoms with E-state index in [9.17, 15) is 16.8 Å². The molecule has 0 saturated carbocycles. The Labute approximate surface area is 124 Å². The fraction of sp³-hybridized carbons (Fsp3) is 0.636. The summed E-state index contributed by atoms with van der Waals surface area (Å²) in [5.74, 6) is 0.116. The zero-order valence-electron chi connectivity index (χ0n) is 11.2. The molecule has 0 N–H and O–H groups in total. The maximum Gasteiger partial charge on any atom is 0.252 e. The van der Waals surface area contributed by atoms with Gasteiger partial charge in [0.1, 0.15) is 4.21 Å². The highest BCUT2D eigenvalue weighted by Gasteiger charge is 2.32. The lowest BCUT2D eigenvalue weighted by atomic mass is 10.4. The number of thiophene rings is 1. The molecule has 2 heterocycles. The number of hydrogen-bond donors (Lipinski definition) is 0. The zero-order chi connectivity index (χ0) is 14.8. The molecular formula is C11H18N2O4S3. The second kappa shape index (κ2) is 6.10. The lowest BCUT2D eigenvalue weighted by molar-refractivity contribution is 0.273. The maximum atomic E-state index is 12.3. The van der Waals surface area contributed by atoms with Crippen molar-refractivity contribution < 1.29 is 16.8 Å². The molecule has 20 heavy (non-hydrogen) atoms. The number of hydrogen-bond acceptors (Lipinski definition) is 5. The summed E-state index contributed by atoms with van der Waals surface area (Å²) >= 11 is 1.18. The summed E-state index contributed by atoms with van der Waals surface area (Å²) in [6.45, 7) is 2.70. The molecule has 0 unspecified atom stereocenters. The molecule has 9 heteroatoms. The van der Waals surface area contributed by atoms with Crippen LogP contribution in [0.25, 0.3) is 0 Å². The predicted octanol–water partition coefficient (Wildman–Crippen LogP) is 0.794. The minimum absolute atomic E-state index is 0.116. The van der Waals surface area contributed by atoms with Gasteiger partial charge in [-0.1, -0.05) is 13.0 Å². The van der Waals surface area contributed by atoms with Crippen molar-refractivity contribution in [1.82, 2.24) is 8.61 Å². The normalized spacial score (nSPS) is 19.2. The summed E-state index contributed by atoms with van der Waals surface area (Å²) in [6, 6.07) is 3.26. The minimum atomic E-state index is -3.47. The van der Waals surface area contributed by atoms with Gasteiger partial charge < -0.3 is 0 Å². The Bertz CT molecular complexity index is 629. The third kappa shape index (κ3) is 3.22. The highest BCUT2D eigenvalue weighted by molar-refractivity contribution is 7.91. The van der Waals surface area contributed by atoms with Gasteiger partial charge in [-0.05, 0) is 17.9 Å². The van der Waals surface area contributed by atoms with Gasteiger partial charge in [0.2, 0.25) is 10.0 Å². The molecule has 114 valence electrons. The van der Waals surface area contributed by atoms with E-state index in [-0.39, 0.29) is 31.9 Å². The first kappa shape index (κ1) is 15.9. The second-order valence-electron chi connectivity index (χ2n) is 4.55. The molecule has 2 rings (SSSR count). The molecule has 1 aliphatic rings. The van der Waals surface area contributed by atoms with Crippen LogP contribution in [0.2, 0.25) is 0 Å². The van der Waals surface area contributed by atoms with Crippen molar-refractivity contribution in [2.75, 3.05) is 31.9 Å². The van der Waals surface area contributed by atoms with Crippen molar-refractivity contribution in [3.63, 3.8) is 0 Å². The van der Waals surface area contributed by atoms with Gasteiger partial charge in [0.25, 0.3) is 10.0 Å². The Hall–Kier alpha value is -0.480. The summed E-state index contributed by atoms with van der Waals surface area (Å²) in [4.78, 5) is 0. The van der Waals surface area contributed by atoms with E-state index in [0.29, 0.717) is 10.6 Å².